The molecule has 1 aliphatic carbocycles. The van der Waals surface area contributed by atoms with E-state index < -0.39 is 12.0 Å². The Labute approximate surface area is 160 Å². The highest BCUT2D eigenvalue weighted by Gasteiger charge is 2.37. The molecule has 0 aromatic heterocycles. The smallest absolute Gasteiger partial charge is 0.328 e. The molecular formula is C22H29NO4. The van der Waals surface area contributed by atoms with Crippen molar-refractivity contribution in [2.24, 2.45) is 10.4 Å². The van der Waals surface area contributed by atoms with Crippen LogP contribution in [-0.2, 0) is 16.0 Å². The second-order valence-electron chi connectivity index (χ2n) is 7.99. The molecule has 1 atom stereocenters. The Balaban J connectivity index is 2.42. The van der Waals surface area contributed by atoms with E-state index in [2.05, 4.69) is 4.99 Å². The van der Waals surface area contributed by atoms with Crippen LogP contribution in [0.25, 0.3) is 0 Å². The number of carbonyl (C=O) groups is 2. The largest absolute Gasteiger partial charge is 0.511 e. The molecule has 0 radical (unpaired) electrons. The van der Waals surface area contributed by atoms with Crippen LogP contribution in [0, 0.1) is 5.41 Å². The van der Waals surface area contributed by atoms with Crippen molar-refractivity contribution < 1.29 is 19.8 Å². The van der Waals surface area contributed by atoms with Gasteiger partial charge in [-0.25, -0.2) is 4.79 Å². The molecule has 2 N–H and O–H groups in total. The first-order chi connectivity index (χ1) is 12.7. The second-order valence-corrected chi connectivity index (χ2v) is 7.99. The van der Waals surface area contributed by atoms with Crippen molar-refractivity contribution in [2.45, 2.75) is 65.3 Å². The fourth-order valence-corrected chi connectivity index (χ4v) is 3.41. The zero-order valence-corrected chi connectivity index (χ0v) is 16.4. The number of Topliss-reactive ketones (excluding diaryl/α,β-unsaturated/α-hetero) is 1. The Morgan fingerprint density at radius 3 is 2.44 bits per heavy atom. The zero-order valence-electron chi connectivity index (χ0n) is 16.4. The van der Waals surface area contributed by atoms with Crippen molar-refractivity contribution in [2.75, 3.05) is 0 Å². The van der Waals surface area contributed by atoms with Crippen LogP contribution in [0.5, 0.6) is 0 Å². The van der Waals surface area contributed by atoms with Crippen LogP contribution >= 0.6 is 0 Å². The quantitative estimate of drug-likeness (QED) is 0.545. The average Bonchev–Trinajstić information content (AvgIpc) is 2.58. The number of unbranched alkanes of at least 4 members (excludes halogenated alkanes) is 1. The molecule has 0 bridgehead atoms. The summed E-state index contributed by atoms with van der Waals surface area (Å²) in [7, 11) is 0. The lowest BCUT2D eigenvalue weighted by atomic mass is 9.73. The molecule has 0 saturated heterocycles. The standard InChI is InChI=1S/C22H29NO4/c1-4-5-11-18(24)20-17(13-22(2,3)14-19(20)25)23-16(21(26)27)12-15-9-7-6-8-10-15/h6-10,16,24H,4-5,11-14H2,1-3H3,(H,26,27)/b20-18+,23-17?. The van der Waals surface area contributed by atoms with Gasteiger partial charge in [0.05, 0.1) is 11.3 Å². The van der Waals surface area contributed by atoms with Gasteiger partial charge in [0, 0.05) is 19.3 Å². The zero-order chi connectivity index (χ0) is 20.0. The van der Waals surface area contributed by atoms with Crippen LogP contribution in [0.1, 0.15) is 58.4 Å². The molecule has 0 spiro atoms. The first kappa shape index (κ1) is 20.9. The molecule has 0 amide bonds. The van der Waals surface area contributed by atoms with Gasteiger partial charge in [-0.05, 0) is 23.8 Å². The van der Waals surface area contributed by atoms with E-state index in [1.807, 2.05) is 51.1 Å². The first-order valence-electron chi connectivity index (χ1n) is 9.52. The Kier molecular flexibility index (Phi) is 6.94. The van der Waals surface area contributed by atoms with Gasteiger partial charge < -0.3 is 10.2 Å². The molecule has 1 aromatic rings. The maximum absolute atomic E-state index is 12.7. The highest BCUT2D eigenvalue weighted by molar-refractivity contribution is 6.25. The van der Waals surface area contributed by atoms with Gasteiger partial charge in [-0.15, -0.1) is 0 Å². The summed E-state index contributed by atoms with van der Waals surface area (Å²) in [6.45, 7) is 5.94. The number of carboxylic acid groups (broad SMARTS) is 1. The highest BCUT2D eigenvalue weighted by atomic mass is 16.4. The summed E-state index contributed by atoms with van der Waals surface area (Å²) in [6, 6.07) is 8.33. The van der Waals surface area contributed by atoms with Gasteiger partial charge in [-0.2, -0.15) is 0 Å². The average molecular weight is 371 g/mol. The van der Waals surface area contributed by atoms with E-state index in [9.17, 15) is 19.8 Å². The van der Waals surface area contributed by atoms with Crippen molar-refractivity contribution in [3.8, 4) is 0 Å². The van der Waals surface area contributed by atoms with Gasteiger partial charge in [0.15, 0.2) is 11.8 Å². The maximum atomic E-state index is 12.7. The van der Waals surface area contributed by atoms with Crippen molar-refractivity contribution in [1.82, 2.24) is 0 Å². The number of hydrogen-bond acceptors (Lipinski definition) is 4. The maximum Gasteiger partial charge on any atom is 0.328 e. The second kappa shape index (κ2) is 8.98. The summed E-state index contributed by atoms with van der Waals surface area (Å²) in [5.74, 6) is -1.14. The number of nitrogens with zero attached hydrogens (tertiary/aromatic N) is 1. The number of hydrogen-bond donors (Lipinski definition) is 2. The third-order valence-electron chi connectivity index (χ3n) is 4.78. The van der Waals surface area contributed by atoms with Crippen LogP contribution in [0.15, 0.2) is 46.7 Å². The predicted molar refractivity (Wildman–Crippen MR) is 106 cm³/mol. The summed E-state index contributed by atoms with van der Waals surface area (Å²) in [5.41, 5.74) is 1.23. The monoisotopic (exact) mass is 371 g/mol. The number of carbonyl (C=O) groups excluding carboxylic acids is 1. The molecule has 5 nitrogen and oxygen atoms in total. The molecule has 0 heterocycles. The molecule has 1 aliphatic rings. The molecule has 0 aliphatic heterocycles. The molecule has 27 heavy (non-hydrogen) atoms. The van der Waals surface area contributed by atoms with E-state index in [1.165, 1.54) is 0 Å². The lowest BCUT2D eigenvalue weighted by molar-refractivity contribution is -0.138. The van der Waals surface area contributed by atoms with E-state index in [0.717, 1.165) is 18.4 Å². The molecule has 1 aromatic carbocycles. The number of aliphatic carboxylic acids is 1. The number of carboxylic acids is 1. The number of aliphatic hydroxyl groups is 1. The first-order valence-corrected chi connectivity index (χ1v) is 9.52. The Hall–Kier alpha value is -2.43. The lowest BCUT2D eigenvalue weighted by Crippen LogP contribution is -2.34. The number of benzene rings is 1. The van der Waals surface area contributed by atoms with Crippen LogP contribution in [0.3, 0.4) is 0 Å². The summed E-state index contributed by atoms with van der Waals surface area (Å²) in [5, 5.41) is 20.1. The molecule has 1 fully saturated rings. The van der Waals surface area contributed by atoms with Crippen LogP contribution < -0.4 is 0 Å². The van der Waals surface area contributed by atoms with Crippen LogP contribution in [-0.4, -0.2) is 33.7 Å². The van der Waals surface area contributed by atoms with Gasteiger partial charge in [-0.3, -0.25) is 9.79 Å². The minimum atomic E-state index is -1.03. The summed E-state index contributed by atoms with van der Waals surface area (Å²) < 4.78 is 0. The molecular weight excluding hydrogens is 342 g/mol. The number of allylic oxidation sites excluding steroid dienone is 2. The third kappa shape index (κ3) is 5.78. The summed E-state index contributed by atoms with van der Waals surface area (Å²) in [4.78, 5) is 29.0. The number of rotatable bonds is 7. The van der Waals surface area contributed by atoms with E-state index in [4.69, 9.17) is 0 Å². The van der Waals surface area contributed by atoms with Gasteiger partial charge in [0.25, 0.3) is 0 Å². The number of ketones is 1. The fourth-order valence-electron chi connectivity index (χ4n) is 3.41. The third-order valence-corrected chi connectivity index (χ3v) is 4.78. The fraction of sp³-hybridized carbons (Fsp3) is 0.500. The van der Waals surface area contributed by atoms with Gasteiger partial charge in [-0.1, -0.05) is 57.5 Å². The Morgan fingerprint density at radius 2 is 1.85 bits per heavy atom. The van der Waals surface area contributed by atoms with E-state index in [0.29, 0.717) is 25.0 Å². The van der Waals surface area contributed by atoms with Crippen LogP contribution in [0.2, 0.25) is 0 Å². The molecule has 1 unspecified atom stereocenters. The Bertz CT molecular complexity index is 747. The minimum absolute atomic E-state index is 0.0416. The molecule has 1 saturated carbocycles. The van der Waals surface area contributed by atoms with E-state index in [1.54, 1.807) is 0 Å². The number of aliphatic hydroxyl groups excluding tert-OH is 1. The van der Waals surface area contributed by atoms with Crippen molar-refractivity contribution in [3.63, 3.8) is 0 Å². The van der Waals surface area contributed by atoms with Crippen molar-refractivity contribution in [3.05, 3.63) is 47.2 Å². The lowest BCUT2D eigenvalue weighted by Gasteiger charge is -2.32. The van der Waals surface area contributed by atoms with E-state index >= 15 is 0 Å². The predicted octanol–water partition coefficient (Wildman–Crippen LogP) is 4.51. The van der Waals surface area contributed by atoms with Gasteiger partial charge >= 0.3 is 5.97 Å². The molecule has 2 rings (SSSR count). The SMILES string of the molecule is CCCC/C(O)=C1\C(=O)CC(C)(C)CC1=NC(Cc1ccccc1)C(=O)O. The Morgan fingerprint density at radius 1 is 1.19 bits per heavy atom. The normalized spacial score (nSPS) is 21.1. The van der Waals surface area contributed by atoms with Crippen molar-refractivity contribution >= 4 is 17.5 Å². The summed E-state index contributed by atoms with van der Waals surface area (Å²) in [6.07, 6.45) is 3.13. The van der Waals surface area contributed by atoms with Crippen LogP contribution in [0.4, 0.5) is 0 Å². The highest BCUT2D eigenvalue weighted by Crippen LogP contribution is 2.36. The topological polar surface area (TPSA) is 87.0 Å². The van der Waals surface area contributed by atoms with E-state index in [-0.39, 0.29) is 29.0 Å². The van der Waals surface area contributed by atoms with Gasteiger partial charge in [0.1, 0.15) is 5.76 Å². The number of aliphatic imine (C=N–C) groups is 1. The van der Waals surface area contributed by atoms with Gasteiger partial charge in [0.2, 0.25) is 0 Å². The molecule has 146 valence electrons. The minimum Gasteiger partial charge on any atom is -0.511 e. The summed E-state index contributed by atoms with van der Waals surface area (Å²) >= 11 is 0. The molecule has 5 heteroatoms. The van der Waals surface area contributed by atoms with Crippen molar-refractivity contribution in [1.29, 1.82) is 0 Å².